The van der Waals surface area contributed by atoms with Crippen molar-refractivity contribution in [3.8, 4) is 0 Å². The van der Waals surface area contributed by atoms with Crippen LogP contribution in [0.5, 0.6) is 0 Å². The number of fused-ring (bicyclic) bond motifs is 7. The van der Waals surface area contributed by atoms with Gasteiger partial charge in [0.1, 0.15) is 48.8 Å². The molecule has 0 bridgehead atoms. The normalized spacial score (nSPS) is 55.3. The van der Waals surface area contributed by atoms with Crippen molar-refractivity contribution in [3.63, 3.8) is 0 Å². The number of aliphatic hydroxyl groups excluding tert-OH is 8. The van der Waals surface area contributed by atoms with Gasteiger partial charge >= 0.3 is 0 Å². The second-order valence-electron chi connectivity index (χ2n) is 18.4. The summed E-state index contributed by atoms with van der Waals surface area (Å²) >= 11 is 0. The van der Waals surface area contributed by atoms with E-state index in [0.717, 1.165) is 44.9 Å². The van der Waals surface area contributed by atoms with Crippen LogP contribution in [0.4, 0.5) is 0 Å². The number of aliphatic hydroxyl groups is 8. The Bertz CT molecular complexity index is 1210. The van der Waals surface area contributed by atoms with Crippen molar-refractivity contribution in [1.29, 1.82) is 0 Å². The number of rotatable bonds is 10. The van der Waals surface area contributed by atoms with Gasteiger partial charge in [-0.05, 0) is 116 Å². The molecule has 3 heterocycles. The van der Waals surface area contributed by atoms with Gasteiger partial charge in [0, 0.05) is 6.61 Å². The lowest BCUT2D eigenvalue weighted by Crippen LogP contribution is -2.65. The van der Waals surface area contributed by atoms with Crippen LogP contribution in [0.15, 0.2) is 0 Å². The quantitative estimate of drug-likeness (QED) is 0.148. The van der Waals surface area contributed by atoms with E-state index in [1.165, 1.54) is 19.3 Å². The molecular formula is C39H66O13. The highest BCUT2D eigenvalue weighted by molar-refractivity contribution is 5.14. The molecule has 0 aromatic heterocycles. The van der Waals surface area contributed by atoms with E-state index in [-0.39, 0.29) is 29.6 Å². The Kier molecular flexibility index (Phi) is 11.8. The van der Waals surface area contributed by atoms with Gasteiger partial charge in [-0.2, -0.15) is 0 Å². The number of hydrogen-bond acceptors (Lipinski definition) is 13. The maximum atomic E-state index is 11.1. The predicted molar refractivity (Wildman–Crippen MR) is 185 cm³/mol. The minimum Gasteiger partial charge on any atom is -0.396 e. The first-order valence-electron chi connectivity index (χ1n) is 20.3. The van der Waals surface area contributed by atoms with Crippen molar-refractivity contribution >= 4 is 0 Å². The fourth-order valence-electron chi connectivity index (χ4n) is 12.7. The van der Waals surface area contributed by atoms with Crippen LogP contribution in [0, 0.1) is 52.3 Å². The van der Waals surface area contributed by atoms with Crippen LogP contribution in [0.2, 0.25) is 0 Å². The van der Waals surface area contributed by atoms with Crippen molar-refractivity contribution in [2.75, 3.05) is 19.8 Å². The molecule has 13 heteroatoms. The third-order valence-corrected chi connectivity index (χ3v) is 15.8. The summed E-state index contributed by atoms with van der Waals surface area (Å²) in [5.41, 5.74) is 0.454. The molecule has 0 aromatic carbocycles. The smallest absolute Gasteiger partial charge is 0.187 e. The van der Waals surface area contributed by atoms with E-state index in [0.29, 0.717) is 47.5 Å². The van der Waals surface area contributed by atoms with Crippen molar-refractivity contribution in [3.05, 3.63) is 0 Å². The Hall–Kier alpha value is -0.520. The maximum Gasteiger partial charge on any atom is 0.187 e. The average molecular weight is 743 g/mol. The molecular weight excluding hydrogens is 676 g/mol. The number of hydrogen-bond donors (Lipinski definition) is 8. The number of ether oxygens (including phenoxy) is 5. The molecule has 0 amide bonds. The molecule has 0 aromatic rings. The van der Waals surface area contributed by atoms with E-state index in [2.05, 4.69) is 27.7 Å². The van der Waals surface area contributed by atoms with E-state index in [9.17, 15) is 40.9 Å². The molecule has 300 valence electrons. The summed E-state index contributed by atoms with van der Waals surface area (Å²) < 4.78 is 30.8. The molecule has 52 heavy (non-hydrogen) atoms. The van der Waals surface area contributed by atoms with E-state index in [4.69, 9.17) is 23.7 Å². The summed E-state index contributed by atoms with van der Waals surface area (Å²) in [5, 5.41) is 82.2. The first-order valence-corrected chi connectivity index (χ1v) is 20.3. The Morgan fingerprint density at radius 1 is 0.692 bits per heavy atom. The lowest BCUT2D eigenvalue weighted by molar-refractivity contribution is -0.373. The zero-order valence-corrected chi connectivity index (χ0v) is 31.4. The molecule has 3 saturated heterocycles. The van der Waals surface area contributed by atoms with Crippen molar-refractivity contribution in [2.45, 2.75) is 172 Å². The highest BCUT2D eigenvalue weighted by Gasteiger charge is 2.66. The van der Waals surface area contributed by atoms with Gasteiger partial charge in [-0.3, -0.25) is 0 Å². The zero-order valence-electron chi connectivity index (χ0n) is 31.4. The van der Waals surface area contributed by atoms with Gasteiger partial charge in [0.2, 0.25) is 0 Å². The Morgan fingerprint density at radius 3 is 2.06 bits per heavy atom. The van der Waals surface area contributed by atoms with Gasteiger partial charge in [-0.1, -0.05) is 27.7 Å². The van der Waals surface area contributed by atoms with Crippen LogP contribution in [-0.2, 0) is 23.7 Å². The largest absolute Gasteiger partial charge is 0.396 e. The molecule has 8 N–H and O–H groups in total. The monoisotopic (exact) mass is 742 g/mol. The molecule has 4 saturated carbocycles. The van der Waals surface area contributed by atoms with Crippen molar-refractivity contribution < 1.29 is 64.5 Å². The van der Waals surface area contributed by atoms with Gasteiger partial charge in [-0.15, -0.1) is 0 Å². The van der Waals surface area contributed by atoms with Crippen LogP contribution >= 0.6 is 0 Å². The average Bonchev–Trinajstić information content (AvgIpc) is 3.62. The fourth-order valence-corrected chi connectivity index (χ4v) is 12.7. The molecule has 0 radical (unpaired) electrons. The molecule has 13 nitrogen and oxygen atoms in total. The lowest BCUT2D eigenvalue weighted by atomic mass is 9.44. The van der Waals surface area contributed by atoms with Gasteiger partial charge in [0.15, 0.2) is 12.6 Å². The molecule has 4 aliphatic carbocycles. The summed E-state index contributed by atoms with van der Waals surface area (Å²) in [6.07, 6.45) is -3.70. The summed E-state index contributed by atoms with van der Waals surface area (Å²) in [6, 6.07) is 0. The first kappa shape index (κ1) is 39.7. The molecule has 22 atom stereocenters. The topological polar surface area (TPSA) is 208 Å². The minimum atomic E-state index is -1.71. The van der Waals surface area contributed by atoms with E-state index >= 15 is 0 Å². The van der Waals surface area contributed by atoms with Crippen LogP contribution in [0.1, 0.15) is 91.9 Å². The van der Waals surface area contributed by atoms with E-state index < -0.39 is 74.6 Å². The van der Waals surface area contributed by atoms with E-state index in [1.54, 1.807) is 0 Å². The maximum absolute atomic E-state index is 11.1. The molecule has 0 spiro atoms. The lowest BCUT2D eigenvalue weighted by Gasteiger charge is -2.61. The zero-order chi connectivity index (χ0) is 37.3. The molecule has 7 fully saturated rings. The summed E-state index contributed by atoms with van der Waals surface area (Å²) in [7, 11) is 0. The Morgan fingerprint density at radius 2 is 1.37 bits per heavy atom. The van der Waals surface area contributed by atoms with Gasteiger partial charge in [0.25, 0.3) is 0 Å². The standard InChI is InChI=1S/C39H66O13/c1-18(15-40)5-8-25-19(2)29-26(49-25)14-24-22-7-6-20-13-21(9-11-38(20,3)23(22)10-12-39(24,29)4)48-37-35(33(46)31(44)28(17-42)51-37)52-36-34(47)32(45)30(43)27(16-41)50-36/h18-37,40-47H,5-17H2,1-4H3/t18?,19?,20?,21?,22?,23?,24?,25?,26?,27?,28?,29-,30?,31?,32?,33?,34?,35?,36?,37?,38-,39-/m0/s1. The summed E-state index contributed by atoms with van der Waals surface area (Å²) in [6.45, 7) is 8.60. The Labute approximate surface area is 307 Å². The second kappa shape index (κ2) is 15.4. The minimum absolute atomic E-state index is 0.167. The van der Waals surface area contributed by atoms with Crippen molar-refractivity contribution in [2.24, 2.45) is 52.3 Å². The van der Waals surface area contributed by atoms with Gasteiger partial charge in [-0.25, -0.2) is 0 Å². The van der Waals surface area contributed by atoms with Crippen molar-refractivity contribution in [1.82, 2.24) is 0 Å². The second-order valence-corrected chi connectivity index (χ2v) is 18.4. The molecule has 3 aliphatic heterocycles. The third kappa shape index (κ3) is 6.73. The third-order valence-electron chi connectivity index (χ3n) is 15.8. The predicted octanol–water partition coefficient (Wildman–Crippen LogP) is 1.08. The molecule has 7 rings (SSSR count). The SMILES string of the molecule is CC(CO)CCC1OC2CC3C4CCC5CC(OC6OC(CO)C(O)C(O)C6OC6OC(CO)C(O)C(O)C6O)CC[C@]5(C)C4CC[C@]3(C)[C@H]2C1C. The molecule has 19 unspecified atom stereocenters. The highest BCUT2D eigenvalue weighted by atomic mass is 16.8. The Balaban J connectivity index is 1.01. The van der Waals surface area contributed by atoms with Crippen LogP contribution in [0.25, 0.3) is 0 Å². The first-order chi connectivity index (χ1) is 24.7. The van der Waals surface area contributed by atoms with Crippen LogP contribution in [0.3, 0.4) is 0 Å². The highest BCUT2D eigenvalue weighted by Crippen LogP contribution is 2.70. The summed E-state index contributed by atoms with van der Waals surface area (Å²) in [4.78, 5) is 0. The molecule has 7 aliphatic rings. The van der Waals surface area contributed by atoms with Gasteiger partial charge < -0.3 is 64.5 Å². The van der Waals surface area contributed by atoms with Crippen LogP contribution in [-0.4, -0.2) is 140 Å². The van der Waals surface area contributed by atoms with Crippen LogP contribution < -0.4 is 0 Å². The van der Waals surface area contributed by atoms with Gasteiger partial charge in [0.05, 0.1) is 31.5 Å². The fraction of sp³-hybridized carbons (Fsp3) is 1.00. The van der Waals surface area contributed by atoms with E-state index in [1.807, 2.05) is 0 Å². The summed E-state index contributed by atoms with van der Waals surface area (Å²) in [5.74, 6) is 3.83.